The van der Waals surface area contributed by atoms with Gasteiger partial charge in [0.1, 0.15) is 11.9 Å². The first kappa shape index (κ1) is 25.0. The molecule has 1 fully saturated rings. The second-order valence-electron chi connectivity index (χ2n) is 5.44. The van der Waals surface area contributed by atoms with Gasteiger partial charge in [0.2, 0.25) is 0 Å². The summed E-state index contributed by atoms with van der Waals surface area (Å²) in [4.78, 5) is 0. The third-order valence-corrected chi connectivity index (χ3v) is 3.34. The quantitative estimate of drug-likeness (QED) is 0.227. The van der Waals surface area contributed by atoms with Crippen molar-refractivity contribution in [1.29, 1.82) is 0 Å². The zero-order valence-electron chi connectivity index (χ0n) is 14.3. The molecule has 3 rings (SSSR count). The van der Waals surface area contributed by atoms with Gasteiger partial charge in [0, 0.05) is 65.4 Å². The molecule has 0 saturated carbocycles. The molecule has 0 aromatic heterocycles. The average Bonchev–Trinajstić information content (AvgIpc) is 3.38. The van der Waals surface area contributed by atoms with E-state index in [4.69, 9.17) is 14.2 Å². The molecule has 0 amide bonds. The Kier molecular flexibility index (Phi) is 11.0. The average molecular weight is 530 g/mol. The third kappa shape index (κ3) is 9.82. The van der Waals surface area contributed by atoms with Gasteiger partial charge >= 0.3 is 6.36 Å². The zero-order chi connectivity index (χ0) is 17.7. The summed E-state index contributed by atoms with van der Waals surface area (Å²) in [5.41, 5.74) is 1.75. The van der Waals surface area contributed by atoms with Gasteiger partial charge in [-0.25, -0.2) is 0 Å². The van der Waals surface area contributed by atoms with Crippen molar-refractivity contribution in [2.24, 2.45) is 0 Å². The maximum absolute atomic E-state index is 12.1. The fourth-order valence-electron chi connectivity index (χ4n) is 2.07. The predicted octanol–water partition coefficient (Wildman–Crippen LogP) is 3.52. The molecule has 2 aromatic rings. The number of ether oxygens (including phenoxy) is 4. The van der Waals surface area contributed by atoms with Gasteiger partial charge in [-0.2, -0.15) is 0 Å². The van der Waals surface area contributed by atoms with Gasteiger partial charge in [-0.3, -0.25) is 17.7 Å². The summed E-state index contributed by atoms with van der Waals surface area (Å²) in [5, 5.41) is 0. The summed E-state index contributed by atoms with van der Waals surface area (Å²) in [6.07, 6.45) is -4.00. The van der Waals surface area contributed by atoms with Gasteiger partial charge < -0.3 is 31.1 Å². The Balaban J connectivity index is 0.00000182. The van der Waals surface area contributed by atoms with Crippen LogP contribution in [0.1, 0.15) is 11.1 Å². The molecule has 2 aromatic carbocycles. The molecule has 1 aliphatic heterocycles. The van der Waals surface area contributed by atoms with E-state index in [2.05, 4.69) is 16.9 Å². The molecule has 0 spiro atoms. The van der Waals surface area contributed by atoms with E-state index in [-0.39, 0.29) is 78.3 Å². The number of rotatable bonds is 8. The van der Waals surface area contributed by atoms with Crippen molar-refractivity contribution < 1.29 is 97.5 Å². The van der Waals surface area contributed by atoms with E-state index in [9.17, 15) is 13.2 Å². The number of benzene rings is 2. The Hall–Kier alpha value is -0.0422. The van der Waals surface area contributed by atoms with Crippen LogP contribution in [0.2, 0.25) is 0 Å². The molecule has 0 bridgehead atoms. The molecule has 1 unspecified atom stereocenters. The van der Waals surface area contributed by atoms with Crippen LogP contribution < -0.4 is 9.47 Å². The number of epoxide rings is 1. The Bertz CT molecular complexity index is 675. The van der Waals surface area contributed by atoms with Gasteiger partial charge in [-0.05, 0) is 12.1 Å². The van der Waals surface area contributed by atoms with Crippen molar-refractivity contribution >= 4 is 0 Å². The van der Waals surface area contributed by atoms with Crippen molar-refractivity contribution in [3.05, 3.63) is 59.7 Å². The molecule has 140 valence electrons. The minimum Gasteiger partial charge on any atom is -0.468 e. The summed E-state index contributed by atoms with van der Waals surface area (Å²) in [6, 6.07) is 15.1. The van der Waals surface area contributed by atoms with Crippen LogP contribution >= 0.6 is 0 Å². The van der Waals surface area contributed by atoms with Crippen LogP contribution in [-0.2, 0) is 81.3 Å². The van der Waals surface area contributed by atoms with E-state index in [1.54, 1.807) is 12.1 Å². The molecular formula is C18H15F3O4Y2-2. The molecule has 2 radical (unpaired) electrons. The maximum atomic E-state index is 12.1. The predicted molar refractivity (Wildman–Crippen MR) is 81.2 cm³/mol. The molecule has 0 N–H and O–H groups in total. The molecular weight excluding hydrogens is 515 g/mol. The third-order valence-electron chi connectivity index (χ3n) is 3.34. The van der Waals surface area contributed by atoms with E-state index in [1.165, 1.54) is 12.1 Å². The molecule has 1 aliphatic rings. The molecule has 1 atom stereocenters. The summed E-state index contributed by atoms with van der Waals surface area (Å²) < 4.78 is 55.8. The second kappa shape index (κ2) is 11.8. The Morgan fingerprint density at radius 1 is 1.04 bits per heavy atom. The summed E-state index contributed by atoms with van der Waals surface area (Å²) >= 11 is 0. The standard InChI is InChI=1S/C18H15F3O4.2Y/c19-18(20,21)25-16-7-3-14(4-8-16)9-13-1-5-15(6-2-13)24-12-22-10-17-11-23-17;;/h1-6,17H,9-12H2;;/q-2;;. The first-order valence-electron chi connectivity index (χ1n) is 7.57. The van der Waals surface area contributed by atoms with E-state index in [0.29, 0.717) is 18.8 Å². The van der Waals surface area contributed by atoms with Crippen LogP contribution in [0.4, 0.5) is 13.2 Å². The van der Waals surface area contributed by atoms with Gasteiger partial charge in [-0.15, -0.1) is 18.9 Å². The van der Waals surface area contributed by atoms with Crippen molar-refractivity contribution in [2.75, 3.05) is 20.0 Å². The zero-order valence-corrected chi connectivity index (χ0v) is 20.0. The summed E-state index contributed by atoms with van der Waals surface area (Å²) in [7, 11) is 0. The number of halogens is 3. The molecule has 27 heavy (non-hydrogen) atoms. The van der Waals surface area contributed by atoms with E-state index >= 15 is 0 Å². The smallest absolute Gasteiger partial charge is 0.468 e. The van der Waals surface area contributed by atoms with Crippen molar-refractivity contribution in [1.82, 2.24) is 0 Å². The van der Waals surface area contributed by atoms with Crippen molar-refractivity contribution in [3.8, 4) is 11.5 Å². The molecule has 0 aliphatic carbocycles. The minimum atomic E-state index is -4.74. The van der Waals surface area contributed by atoms with Gasteiger partial charge in [0.05, 0.1) is 13.2 Å². The number of hydrogen-bond donors (Lipinski definition) is 0. The van der Waals surface area contributed by atoms with E-state index in [0.717, 1.165) is 17.7 Å². The van der Waals surface area contributed by atoms with E-state index < -0.39 is 12.1 Å². The summed E-state index contributed by atoms with van der Waals surface area (Å²) in [5.74, 6) is 0.198. The largest absolute Gasteiger partial charge is 0.569 e. The number of hydrogen-bond acceptors (Lipinski definition) is 4. The number of alkyl halides is 3. The fraction of sp³-hybridized carbons (Fsp3) is 0.333. The monoisotopic (exact) mass is 530 g/mol. The van der Waals surface area contributed by atoms with Gasteiger partial charge in [0.25, 0.3) is 0 Å². The van der Waals surface area contributed by atoms with Crippen LogP contribution in [-0.4, -0.2) is 32.5 Å². The SMILES string of the molecule is FC(F)(F)Oc1[c-]cc(Cc2ccc(OCOCC3CO3)cc2)c[c-]1.[Y].[Y]. The van der Waals surface area contributed by atoms with Gasteiger partial charge in [0.15, 0.2) is 6.79 Å². The van der Waals surface area contributed by atoms with E-state index in [1.807, 2.05) is 12.1 Å². The minimum absolute atomic E-state index is 0. The molecule has 1 saturated heterocycles. The van der Waals surface area contributed by atoms with Crippen LogP contribution in [0.5, 0.6) is 11.5 Å². The molecule has 1 heterocycles. The van der Waals surface area contributed by atoms with Crippen molar-refractivity contribution in [3.63, 3.8) is 0 Å². The van der Waals surface area contributed by atoms with Crippen LogP contribution in [0.3, 0.4) is 0 Å². The Morgan fingerprint density at radius 2 is 1.67 bits per heavy atom. The summed E-state index contributed by atoms with van der Waals surface area (Å²) in [6.45, 7) is 1.43. The first-order valence-corrected chi connectivity index (χ1v) is 7.57. The maximum Gasteiger partial charge on any atom is 0.569 e. The second-order valence-corrected chi connectivity index (χ2v) is 5.44. The fourth-order valence-corrected chi connectivity index (χ4v) is 2.07. The topological polar surface area (TPSA) is 40.2 Å². The Labute approximate surface area is 205 Å². The molecule has 4 nitrogen and oxygen atoms in total. The first-order chi connectivity index (χ1) is 12.0. The van der Waals surface area contributed by atoms with Crippen LogP contribution in [0.15, 0.2) is 36.4 Å². The van der Waals surface area contributed by atoms with Crippen LogP contribution in [0.25, 0.3) is 0 Å². The molecule has 9 heteroatoms. The normalized spacial score (nSPS) is 15.3. The van der Waals surface area contributed by atoms with Gasteiger partial charge in [-0.1, -0.05) is 24.1 Å². The van der Waals surface area contributed by atoms with Crippen molar-refractivity contribution in [2.45, 2.75) is 18.9 Å². The van der Waals surface area contributed by atoms with Crippen LogP contribution in [0, 0.1) is 12.1 Å². The Morgan fingerprint density at radius 3 is 2.22 bits per heavy atom.